The number of carbonyl (C=O) groups is 1. The van der Waals surface area contributed by atoms with Crippen LogP contribution in [-0.2, 0) is 16.1 Å². The van der Waals surface area contributed by atoms with Gasteiger partial charge in [-0.2, -0.15) is 0 Å². The predicted octanol–water partition coefficient (Wildman–Crippen LogP) is 3.39. The van der Waals surface area contributed by atoms with E-state index in [2.05, 4.69) is 21.7 Å². The van der Waals surface area contributed by atoms with Crippen molar-refractivity contribution in [3.8, 4) is 11.5 Å². The third-order valence-electron chi connectivity index (χ3n) is 4.50. The number of nitrogens with zero attached hydrogens (tertiary/aromatic N) is 1. The standard InChI is InChI=1S/C20H26N2O4S/c1-24-15-7-8-18(19(11-15)25-2)21-20(23)14-22(12-16-5-3-9-26-16)13-17-6-4-10-27-17/h4,6-8,10-11,16H,3,5,9,12-14H2,1-2H3,(H,21,23). The molecule has 1 aromatic carbocycles. The molecule has 1 aliphatic heterocycles. The van der Waals surface area contributed by atoms with E-state index in [0.717, 1.165) is 32.5 Å². The minimum atomic E-state index is -0.0759. The molecular weight excluding hydrogens is 364 g/mol. The zero-order chi connectivity index (χ0) is 19.1. The third-order valence-corrected chi connectivity index (χ3v) is 5.36. The largest absolute Gasteiger partial charge is 0.497 e. The Labute approximate surface area is 164 Å². The lowest BCUT2D eigenvalue weighted by molar-refractivity contribution is -0.117. The van der Waals surface area contributed by atoms with Gasteiger partial charge < -0.3 is 19.5 Å². The molecule has 1 N–H and O–H groups in total. The van der Waals surface area contributed by atoms with E-state index in [1.807, 2.05) is 6.07 Å². The van der Waals surface area contributed by atoms with E-state index in [9.17, 15) is 4.79 Å². The number of rotatable bonds is 9. The molecular formula is C20H26N2O4S. The maximum Gasteiger partial charge on any atom is 0.238 e. The summed E-state index contributed by atoms with van der Waals surface area (Å²) in [7, 11) is 3.17. The average Bonchev–Trinajstić information content (AvgIpc) is 3.36. The van der Waals surface area contributed by atoms with Gasteiger partial charge in [0, 0.05) is 30.6 Å². The maximum absolute atomic E-state index is 12.7. The molecule has 27 heavy (non-hydrogen) atoms. The summed E-state index contributed by atoms with van der Waals surface area (Å²) in [6.45, 7) is 2.61. The number of hydrogen-bond donors (Lipinski definition) is 1. The van der Waals surface area contributed by atoms with Gasteiger partial charge in [-0.3, -0.25) is 9.69 Å². The Balaban J connectivity index is 1.64. The van der Waals surface area contributed by atoms with Gasteiger partial charge >= 0.3 is 0 Å². The van der Waals surface area contributed by atoms with Crippen LogP contribution in [0.15, 0.2) is 35.7 Å². The van der Waals surface area contributed by atoms with Gasteiger partial charge in [0.2, 0.25) is 5.91 Å². The molecule has 1 atom stereocenters. The summed E-state index contributed by atoms with van der Waals surface area (Å²) >= 11 is 1.70. The summed E-state index contributed by atoms with van der Waals surface area (Å²) in [5.74, 6) is 1.18. The van der Waals surface area contributed by atoms with E-state index in [1.54, 1.807) is 43.8 Å². The molecule has 0 aliphatic carbocycles. The molecule has 6 nitrogen and oxygen atoms in total. The van der Waals surface area contributed by atoms with Gasteiger partial charge in [-0.05, 0) is 36.4 Å². The fourth-order valence-electron chi connectivity index (χ4n) is 3.18. The van der Waals surface area contributed by atoms with E-state index >= 15 is 0 Å². The summed E-state index contributed by atoms with van der Waals surface area (Å²) in [5.41, 5.74) is 0.636. The van der Waals surface area contributed by atoms with Crippen LogP contribution in [-0.4, -0.2) is 50.8 Å². The summed E-state index contributed by atoms with van der Waals surface area (Å²) in [6, 6.07) is 9.47. The van der Waals surface area contributed by atoms with Crippen LogP contribution in [0.5, 0.6) is 11.5 Å². The van der Waals surface area contributed by atoms with Crippen molar-refractivity contribution < 1.29 is 19.0 Å². The van der Waals surface area contributed by atoms with Crippen molar-refractivity contribution in [2.75, 3.05) is 39.2 Å². The summed E-state index contributed by atoms with van der Waals surface area (Å²) < 4.78 is 16.3. The average molecular weight is 391 g/mol. The normalized spacial score (nSPS) is 16.5. The highest BCUT2D eigenvalue weighted by Gasteiger charge is 2.21. The van der Waals surface area contributed by atoms with E-state index in [4.69, 9.17) is 14.2 Å². The molecule has 0 saturated carbocycles. The molecule has 3 rings (SSSR count). The summed E-state index contributed by atoms with van der Waals surface area (Å²) in [6.07, 6.45) is 2.34. The van der Waals surface area contributed by atoms with Crippen molar-refractivity contribution in [1.82, 2.24) is 4.90 Å². The molecule has 0 radical (unpaired) electrons. The van der Waals surface area contributed by atoms with Gasteiger partial charge in [0.05, 0.1) is 32.6 Å². The van der Waals surface area contributed by atoms with Gasteiger partial charge in [0.15, 0.2) is 0 Å². The Morgan fingerprint density at radius 2 is 2.22 bits per heavy atom. The Bertz CT molecular complexity index is 730. The topological polar surface area (TPSA) is 60.0 Å². The quantitative estimate of drug-likeness (QED) is 0.711. The Morgan fingerprint density at radius 1 is 1.33 bits per heavy atom. The Hall–Kier alpha value is -2.09. The van der Waals surface area contributed by atoms with E-state index in [0.29, 0.717) is 23.7 Å². The Kier molecular flexibility index (Phi) is 7.09. The van der Waals surface area contributed by atoms with Crippen molar-refractivity contribution in [2.24, 2.45) is 0 Å². The first-order valence-electron chi connectivity index (χ1n) is 9.06. The van der Waals surface area contributed by atoms with Crippen LogP contribution in [0.4, 0.5) is 5.69 Å². The van der Waals surface area contributed by atoms with Crippen LogP contribution in [0.1, 0.15) is 17.7 Å². The van der Waals surface area contributed by atoms with E-state index in [-0.39, 0.29) is 12.0 Å². The van der Waals surface area contributed by atoms with Gasteiger partial charge in [-0.25, -0.2) is 0 Å². The molecule has 2 heterocycles. The Morgan fingerprint density at radius 3 is 2.89 bits per heavy atom. The first kappa shape index (κ1) is 19.7. The van der Waals surface area contributed by atoms with Crippen LogP contribution in [0.2, 0.25) is 0 Å². The molecule has 7 heteroatoms. The molecule has 1 amide bonds. The van der Waals surface area contributed by atoms with Gasteiger partial charge in [0.25, 0.3) is 0 Å². The van der Waals surface area contributed by atoms with Gasteiger partial charge in [0.1, 0.15) is 11.5 Å². The maximum atomic E-state index is 12.7. The lowest BCUT2D eigenvalue weighted by Gasteiger charge is -2.24. The number of thiophene rings is 1. The van der Waals surface area contributed by atoms with Crippen LogP contribution < -0.4 is 14.8 Å². The summed E-state index contributed by atoms with van der Waals surface area (Å²) in [4.78, 5) is 16.1. The SMILES string of the molecule is COc1ccc(NC(=O)CN(Cc2cccs2)CC2CCCO2)c(OC)c1. The summed E-state index contributed by atoms with van der Waals surface area (Å²) in [5, 5.41) is 5.01. The lowest BCUT2D eigenvalue weighted by atomic mass is 10.2. The molecule has 1 saturated heterocycles. The van der Waals surface area contributed by atoms with Crippen molar-refractivity contribution in [2.45, 2.75) is 25.5 Å². The predicted molar refractivity (Wildman–Crippen MR) is 107 cm³/mol. The fraction of sp³-hybridized carbons (Fsp3) is 0.450. The number of amides is 1. The molecule has 0 bridgehead atoms. The van der Waals surface area contributed by atoms with Crippen molar-refractivity contribution in [3.63, 3.8) is 0 Å². The minimum absolute atomic E-state index is 0.0759. The molecule has 2 aromatic rings. The molecule has 1 aliphatic rings. The van der Waals surface area contributed by atoms with Crippen LogP contribution in [0.3, 0.4) is 0 Å². The third kappa shape index (κ3) is 5.69. The molecule has 1 unspecified atom stereocenters. The number of nitrogens with one attached hydrogen (secondary N) is 1. The van der Waals surface area contributed by atoms with Crippen molar-refractivity contribution in [3.05, 3.63) is 40.6 Å². The zero-order valence-corrected chi connectivity index (χ0v) is 16.6. The second kappa shape index (κ2) is 9.73. The monoisotopic (exact) mass is 390 g/mol. The number of ether oxygens (including phenoxy) is 3. The van der Waals surface area contributed by atoms with Gasteiger partial charge in [-0.1, -0.05) is 6.07 Å². The van der Waals surface area contributed by atoms with Gasteiger partial charge in [-0.15, -0.1) is 11.3 Å². The molecule has 1 fully saturated rings. The molecule has 0 spiro atoms. The molecule has 146 valence electrons. The number of carbonyl (C=O) groups excluding carboxylic acids is 1. The first-order chi connectivity index (χ1) is 13.2. The number of hydrogen-bond acceptors (Lipinski definition) is 6. The van der Waals surface area contributed by atoms with E-state index < -0.39 is 0 Å². The second-order valence-electron chi connectivity index (χ2n) is 6.50. The van der Waals surface area contributed by atoms with Crippen LogP contribution >= 0.6 is 11.3 Å². The smallest absolute Gasteiger partial charge is 0.238 e. The first-order valence-corrected chi connectivity index (χ1v) is 9.94. The van der Waals surface area contributed by atoms with E-state index in [1.165, 1.54) is 4.88 Å². The molecule has 1 aromatic heterocycles. The highest BCUT2D eigenvalue weighted by molar-refractivity contribution is 7.09. The number of anilines is 1. The van der Waals surface area contributed by atoms with Crippen LogP contribution in [0.25, 0.3) is 0 Å². The second-order valence-corrected chi connectivity index (χ2v) is 7.53. The number of benzene rings is 1. The highest BCUT2D eigenvalue weighted by atomic mass is 32.1. The minimum Gasteiger partial charge on any atom is -0.497 e. The zero-order valence-electron chi connectivity index (χ0n) is 15.8. The fourth-order valence-corrected chi connectivity index (χ4v) is 3.93. The van der Waals surface area contributed by atoms with Crippen molar-refractivity contribution >= 4 is 22.9 Å². The number of methoxy groups -OCH3 is 2. The lowest BCUT2D eigenvalue weighted by Crippen LogP contribution is -2.37. The van der Waals surface area contributed by atoms with Crippen molar-refractivity contribution in [1.29, 1.82) is 0 Å². The van der Waals surface area contributed by atoms with Crippen LogP contribution in [0, 0.1) is 0 Å². The highest BCUT2D eigenvalue weighted by Crippen LogP contribution is 2.29.